The van der Waals surface area contributed by atoms with E-state index in [4.69, 9.17) is 10.8 Å². The molecule has 1 aliphatic heterocycles. The van der Waals surface area contributed by atoms with Crippen LogP contribution in [-0.4, -0.2) is 41.3 Å². The molecule has 8 heteroatoms. The fraction of sp³-hybridized carbons (Fsp3) is 0.364. The molecule has 0 aliphatic carbocycles. The number of rotatable bonds is 1. The quantitative estimate of drug-likeness (QED) is 0.489. The first-order valence-electron chi connectivity index (χ1n) is 5.55. The zero-order chi connectivity index (χ0) is 14.0. The molecule has 8 nitrogen and oxygen atoms in total. The number of nitrogen functional groups attached to an aromatic ring is 1. The summed E-state index contributed by atoms with van der Waals surface area (Å²) in [4.78, 5) is 30.4. The van der Waals surface area contributed by atoms with Crippen molar-refractivity contribution in [3.63, 3.8) is 0 Å². The molecule has 2 heterocycles. The summed E-state index contributed by atoms with van der Waals surface area (Å²) < 4.78 is 0. The van der Waals surface area contributed by atoms with Crippen LogP contribution in [0.3, 0.4) is 0 Å². The molecule has 0 fully saturated rings. The van der Waals surface area contributed by atoms with Gasteiger partial charge in [-0.15, -0.1) is 0 Å². The Morgan fingerprint density at radius 1 is 1.74 bits per heavy atom. The van der Waals surface area contributed by atoms with E-state index >= 15 is 0 Å². The third kappa shape index (κ3) is 2.60. The minimum absolute atomic E-state index is 0.0190. The van der Waals surface area contributed by atoms with Crippen molar-refractivity contribution in [3.8, 4) is 11.8 Å². The third-order valence-electron chi connectivity index (χ3n) is 2.72. The maximum atomic E-state index is 11.8. The Balaban J connectivity index is 2.24. The molecule has 0 saturated carbocycles. The fourth-order valence-electron chi connectivity index (χ4n) is 1.96. The molecule has 0 bridgehead atoms. The number of H-pyrrole nitrogens is 1. The number of nitrogens with two attached hydrogens (primary N) is 1. The molecular weight excluding hydrogens is 250 g/mol. The minimum Gasteiger partial charge on any atom is -0.465 e. The number of amides is 1. The number of aromatic nitrogens is 2. The maximum absolute atomic E-state index is 11.8. The largest absolute Gasteiger partial charge is 0.465 e. The molecule has 0 aromatic carbocycles. The molecule has 1 aliphatic rings. The summed E-state index contributed by atoms with van der Waals surface area (Å²) >= 11 is 0. The molecule has 0 spiro atoms. The molecule has 100 valence electrons. The number of fused-ring (bicyclic) bond motifs is 1. The van der Waals surface area contributed by atoms with Crippen LogP contribution in [0.5, 0.6) is 0 Å². The third-order valence-corrected chi connectivity index (χ3v) is 2.72. The lowest BCUT2D eigenvalue weighted by molar-refractivity contribution is 0.196. The number of carbonyl (C=O) groups is 1. The second-order valence-electron chi connectivity index (χ2n) is 4.10. The number of anilines is 2. The number of nitrogens with one attached hydrogen (secondary N) is 2. The lowest BCUT2D eigenvalue weighted by atomic mass is 10.1. The van der Waals surface area contributed by atoms with E-state index < -0.39 is 6.09 Å². The van der Waals surface area contributed by atoms with E-state index in [-0.39, 0.29) is 24.0 Å². The number of nitrogens with zero attached hydrogens (tertiary/aromatic N) is 2. The Bertz CT molecular complexity index is 627. The van der Waals surface area contributed by atoms with Gasteiger partial charge in [0.25, 0.3) is 5.56 Å². The van der Waals surface area contributed by atoms with Crippen LogP contribution in [-0.2, 0) is 0 Å². The van der Waals surface area contributed by atoms with E-state index in [0.717, 1.165) is 0 Å². The number of likely N-dealkylation sites (N-methyl/N-ethyl adjacent to an activating group) is 1. The standard InChI is InChI=1S/C11H13N5O3/c1-16-5-6(3-2-4-13-11(18)19)7-8(16)14-10(12)15-9(7)17/h6,13H,4-5H2,1H3,(H,18,19)(H3,12,14,15,17). The molecule has 2 rings (SSSR count). The lowest BCUT2D eigenvalue weighted by Crippen LogP contribution is -2.21. The second kappa shape index (κ2) is 4.89. The van der Waals surface area contributed by atoms with E-state index in [1.807, 2.05) is 0 Å². The summed E-state index contributed by atoms with van der Waals surface area (Å²) in [7, 11) is 1.79. The van der Waals surface area contributed by atoms with Crippen LogP contribution < -0.4 is 21.5 Å². The predicted molar refractivity (Wildman–Crippen MR) is 69.1 cm³/mol. The number of aromatic amines is 1. The minimum atomic E-state index is -1.13. The number of hydrogen-bond donors (Lipinski definition) is 4. The average Bonchev–Trinajstić information content (AvgIpc) is 2.62. The van der Waals surface area contributed by atoms with Gasteiger partial charge in [-0.1, -0.05) is 11.8 Å². The lowest BCUT2D eigenvalue weighted by Gasteiger charge is -2.09. The zero-order valence-corrected chi connectivity index (χ0v) is 10.2. The van der Waals surface area contributed by atoms with Crippen molar-refractivity contribution < 1.29 is 9.90 Å². The van der Waals surface area contributed by atoms with Gasteiger partial charge in [0.2, 0.25) is 5.95 Å². The Morgan fingerprint density at radius 3 is 3.16 bits per heavy atom. The Hall–Kier alpha value is -2.69. The predicted octanol–water partition coefficient (Wildman–Crippen LogP) is -0.843. The monoisotopic (exact) mass is 263 g/mol. The van der Waals surface area contributed by atoms with E-state index in [1.165, 1.54) is 0 Å². The van der Waals surface area contributed by atoms with Crippen molar-refractivity contribution in [2.45, 2.75) is 5.92 Å². The topological polar surface area (TPSA) is 124 Å². The first kappa shape index (κ1) is 12.8. The molecule has 19 heavy (non-hydrogen) atoms. The maximum Gasteiger partial charge on any atom is 0.405 e. The van der Waals surface area contributed by atoms with Gasteiger partial charge in [0.1, 0.15) is 5.82 Å². The summed E-state index contributed by atoms with van der Waals surface area (Å²) in [6, 6.07) is 0. The molecule has 1 unspecified atom stereocenters. The Morgan fingerprint density at radius 2 is 2.47 bits per heavy atom. The van der Waals surface area contributed by atoms with Gasteiger partial charge in [0.15, 0.2) is 0 Å². The summed E-state index contributed by atoms with van der Waals surface area (Å²) in [5.41, 5.74) is 5.65. The summed E-state index contributed by atoms with van der Waals surface area (Å²) in [6.07, 6.45) is -1.13. The highest BCUT2D eigenvalue weighted by atomic mass is 16.4. The van der Waals surface area contributed by atoms with E-state index in [1.54, 1.807) is 11.9 Å². The molecule has 1 atom stereocenters. The smallest absolute Gasteiger partial charge is 0.405 e. The van der Waals surface area contributed by atoms with Crippen molar-refractivity contribution in [1.29, 1.82) is 0 Å². The molecule has 5 N–H and O–H groups in total. The highest BCUT2D eigenvalue weighted by molar-refractivity contribution is 5.64. The molecular formula is C11H13N5O3. The van der Waals surface area contributed by atoms with Gasteiger partial charge in [-0.2, -0.15) is 4.98 Å². The van der Waals surface area contributed by atoms with E-state index in [2.05, 4.69) is 27.1 Å². The SMILES string of the molecule is CN1CC(C#CCNC(=O)O)c2c1nc(N)[nH]c2=O. The Kier molecular flexibility index (Phi) is 3.29. The summed E-state index contributed by atoms with van der Waals surface area (Å²) in [5, 5.41) is 10.6. The number of carboxylic acid groups (broad SMARTS) is 1. The first-order chi connectivity index (χ1) is 8.99. The Labute approximate surface area is 108 Å². The van der Waals surface area contributed by atoms with Gasteiger partial charge < -0.3 is 21.1 Å². The molecule has 0 saturated heterocycles. The average molecular weight is 263 g/mol. The van der Waals surface area contributed by atoms with Gasteiger partial charge in [-0.05, 0) is 0 Å². The van der Waals surface area contributed by atoms with Crippen LogP contribution in [0, 0.1) is 11.8 Å². The second-order valence-corrected chi connectivity index (χ2v) is 4.10. The fourth-order valence-corrected chi connectivity index (χ4v) is 1.96. The van der Waals surface area contributed by atoms with Crippen molar-refractivity contribution in [2.75, 3.05) is 30.8 Å². The molecule has 1 aromatic rings. The molecule has 1 aromatic heterocycles. The van der Waals surface area contributed by atoms with E-state index in [0.29, 0.717) is 17.9 Å². The number of hydrogen-bond acceptors (Lipinski definition) is 5. The van der Waals surface area contributed by atoms with Crippen LogP contribution in [0.4, 0.5) is 16.6 Å². The van der Waals surface area contributed by atoms with Crippen LogP contribution in [0.25, 0.3) is 0 Å². The van der Waals surface area contributed by atoms with Crippen molar-refractivity contribution in [1.82, 2.24) is 15.3 Å². The van der Waals surface area contributed by atoms with Gasteiger partial charge in [-0.25, -0.2) is 4.79 Å². The molecule has 1 amide bonds. The van der Waals surface area contributed by atoms with E-state index in [9.17, 15) is 9.59 Å². The van der Waals surface area contributed by atoms with Gasteiger partial charge in [-0.3, -0.25) is 9.78 Å². The summed E-state index contributed by atoms with van der Waals surface area (Å²) in [5.74, 6) is 5.83. The normalized spacial score (nSPS) is 16.5. The van der Waals surface area contributed by atoms with Gasteiger partial charge >= 0.3 is 6.09 Å². The van der Waals surface area contributed by atoms with Crippen LogP contribution >= 0.6 is 0 Å². The summed E-state index contributed by atoms with van der Waals surface area (Å²) in [6.45, 7) is 0.542. The molecule has 0 radical (unpaired) electrons. The highest BCUT2D eigenvalue weighted by Gasteiger charge is 2.29. The van der Waals surface area contributed by atoms with Crippen molar-refractivity contribution in [3.05, 3.63) is 15.9 Å². The van der Waals surface area contributed by atoms with Crippen LogP contribution in [0.2, 0.25) is 0 Å². The van der Waals surface area contributed by atoms with Crippen LogP contribution in [0.15, 0.2) is 4.79 Å². The first-order valence-corrected chi connectivity index (χ1v) is 5.55. The van der Waals surface area contributed by atoms with Gasteiger partial charge in [0, 0.05) is 13.6 Å². The van der Waals surface area contributed by atoms with Crippen molar-refractivity contribution in [2.24, 2.45) is 0 Å². The highest BCUT2D eigenvalue weighted by Crippen LogP contribution is 2.30. The van der Waals surface area contributed by atoms with Crippen LogP contribution in [0.1, 0.15) is 11.5 Å². The van der Waals surface area contributed by atoms with Crippen molar-refractivity contribution >= 4 is 17.9 Å². The zero-order valence-electron chi connectivity index (χ0n) is 10.2. The van der Waals surface area contributed by atoms with Gasteiger partial charge in [0.05, 0.1) is 18.0 Å².